The number of nitrogens with two attached hydrogens (primary N) is 1. The van der Waals surface area contributed by atoms with Gasteiger partial charge in [0.05, 0.1) is 11.6 Å². The Morgan fingerprint density at radius 1 is 1.42 bits per heavy atom. The molecule has 2 atom stereocenters. The van der Waals surface area contributed by atoms with E-state index in [9.17, 15) is 4.79 Å². The summed E-state index contributed by atoms with van der Waals surface area (Å²) in [6, 6.07) is 6.86. The molecule has 1 aromatic carbocycles. The van der Waals surface area contributed by atoms with Crippen LogP contribution in [0.5, 0.6) is 5.75 Å². The van der Waals surface area contributed by atoms with Gasteiger partial charge in [0.15, 0.2) is 5.75 Å². The topological polar surface area (TPSA) is 77.3 Å². The molecule has 2 aromatic rings. The van der Waals surface area contributed by atoms with Gasteiger partial charge < -0.3 is 19.8 Å². The van der Waals surface area contributed by atoms with Crippen molar-refractivity contribution in [3.63, 3.8) is 0 Å². The number of fused-ring (bicyclic) bond motifs is 1. The molecule has 0 saturated heterocycles. The molecule has 100 valence electrons. The highest BCUT2D eigenvalue weighted by Crippen LogP contribution is 2.32. The van der Waals surface area contributed by atoms with Crippen molar-refractivity contribution >= 4 is 35.1 Å². The second-order valence-electron chi connectivity index (χ2n) is 3.84. The van der Waals surface area contributed by atoms with Crippen LogP contribution in [0.1, 0.15) is 11.7 Å². The Morgan fingerprint density at radius 2 is 2.21 bits per heavy atom. The second-order valence-corrected chi connectivity index (χ2v) is 4.56. The third-order valence-electron chi connectivity index (χ3n) is 2.78. The van der Waals surface area contributed by atoms with E-state index in [1.807, 2.05) is 6.07 Å². The Labute approximate surface area is 114 Å². The number of rotatable bonds is 5. The van der Waals surface area contributed by atoms with Gasteiger partial charge in [-0.2, -0.15) is 0 Å². The van der Waals surface area contributed by atoms with Crippen LogP contribution >= 0.6 is 17.9 Å². The third kappa shape index (κ3) is 2.85. The van der Waals surface area contributed by atoms with E-state index < -0.39 is 0 Å². The SMILES string of the molecule is C=POc1ccc(C(CN)OP)c2ccc(=O)[nH]c12. The van der Waals surface area contributed by atoms with Crippen LogP contribution in [-0.2, 0) is 4.52 Å². The minimum absolute atomic E-state index is 0.189. The molecular weight excluding hydrogens is 282 g/mol. The monoisotopic (exact) mass is 296 g/mol. The first-order valence-corrected chi connectivity index (χ1v) is 7.02. The van der Waals surface area contributed by atoms with E-state index >= 15 is 0 Å². The summed E-state index contributed by atoms with van der Waals surface area (Å²) in [4.78, 5) is 14.2. The number of pyridine rings is 1. The molecule has 0 aliphatic rings. The van der Waals surface area contributed by atoms with Crippen molar-refractivity contribution in [1.29, 1.82) is 0 Å². The van der Waals surface area contributed by atoms with E-state index in [1.54, 1.807) is 12.1 Å². The van der Waals surface area contributed by atoms with E-state index in [4.69, 9.17) is 14.8 Å². The van der Waals surface area contributed by atoms with Gasteiger partial charge in [-0.1, -0.05) is 6.07 Å². The Kier molecular flexibility index (Phi) is 4.67. The smallest absolute Gasteiger partial charge is 0.248 e. The molecule has 1 aromatic heterocycles. The minimum atomic E-state index is -0.259. The van der Waals surface area contributed by atoms with Gasteiger partial charge in [0.2, 0.25) is 5.56 Å². The van der Waals surface area contributed by atoms with Gasteiger partial charge in [-0.05, 0) is 24.0 Å². The van der Waals surface area contributed by atoms with Gasteiger partial charge >= 0.3 is 0 Å². The molecule has 1 heterocycles. The molecule has 0 aliphatic heterocycles. The van der Waals surface area contributed by atoms with Crippen LogP contribution in [0.2, 0.25) is 0 Å². The summed E-state index contributed by atoms with van der Waals surface area (Å²) in [6.07, 6.45) is 3.35. The molecule has 2 unspecified atom stereocenters. The van der Waals surface area contributed by atoms with E-state index in [1.165, 1.54) is 6.07 Å². The molecule has 7 heteroatoms. The highest BCUT2D eigenvalue weighted by Gasteiger charge is 2.15. The number of aromatic amines is 1. The molecule has 0 fully saturated rings. The Hall–Kier alpha value is -1.25. The lowest BCUT2D eigenvalue weighted by Crippen LogP contribution is -2.13. The van der Waals surface area contributed by atoms with Crippen molar-refractivity contribution in [2.45, 2.75) is 6.10 Å². The van der Waals surface area contributed by atoms with E-state index in [-0.39, 0.29) is 11.7 Å². The van der Waals surface area contributed by atoms with Crippen molar-refractivity contribution in [2.24, 2.45) is 5.73 Å². The fraction of sp³-hybridized carbons (Fsp3) is 0.167. The Bertz CT molecular complexity index is 653. The van der Waals surface area contributed by atoms with Gasteiger partial charge in [-0.3, -0.25) is 4.79 Å². The van der Waals surface area contributed by atoms with Crippen LogP contribution in [0.3, 0.4) is 0 Å². The van der Waals surface area contributed by atoms with E-state index in [0.717, 1.165) is 10.9 Å². The summed E-state index contributed by atoms with van der Waals surface area (Å²) in [5.74, 6) is 0.577. The highest BCUT2D eigenvalue weighted by atomic mass is 31.1. The number of nitrogens with one attached hydrogen (secondary N) is 1. The maximum atomic E-state index is 11.5. The summed E-state index contributed by atoms with van der Waals surface area (Å²) in [6.45, 7) is 0.339. The fourth-order valence-corrected chi connectivity index (χ4v) is 2.48. The lowest BCUT2D eigenvalue weighted by Gasteiger charge is -2.16. The minimum Gasteiger partial charge on any atom is -0.438 e. The van der Waals surface area contributed by atoms with Crippen LogP contribution in [0.15, 0.2) is 29.1 Å². The molecule has 0 amide bonds. The zero-order valence-electron chi connectivity index (χ0n) is 10.1. The van der Waals surface area contributed by atoms with Gasteiger partial charge in [0.25, 0.3) is 0 Å². The Morgan fingerprint density at radius 3 is 2.84 bits per heavy atom. The number of hydrogen-bond acceptors (Lipinski definition) is 4. The molecule has 19 heavy (non-hydrogen) atoms. The number of H-pyrrole nitrogens is 1. The van der Waals surface area contributed by atoms with Crippen LogP contribution in [0.4, 0.5) is 0 Å². The second kappa shape index (κ2) is 6.27. The van der Waals surface area contributed by atoms with Crippen LogP contribution in [0, 0.1) is 0 Å². The average Bonchev–Trinajstić information content (AvgIpc) is 2.42. The molecule has 3 N–H and O–H groups in total. The molecular formula is C12H14N2O3P2. The first kappa shape index (κ1) is 14.2. The molecule has 2 rings (SSSR count). The molecule has 5 nitrogen and oxygen atoms in total. The highest BCUT2D eigenvalue weighted by molar-refractivity contribution is 7.31. The normalized spacial score (nSPS) is 12.7. The number of aromatic nitrogens is 1. The average molecular weight is 296 g/mol. The fourth-order valence-electron chi connectivity index (χ4n) is 1.93. The predicted octanol–water partition coefficient (Wildman–Crippen LogP) is 2.01. The standard InChI is InChI=1S/C12H14N2O3P2/c1-19-17-9-4-2-7(10(6-13)16-18)8-3-5-11(15)14-12(8)9/h2-5,10H,1,6,13,18H2,(H,14,15). The van der Waals surface area contributed by atoms with Crippen molar-refractivity contribution < 1.29 is 9.05 Å². The van der Waals surface area contributed by atoms with Gasteiger partial charge in [-0.25, -0.2) is 0 Å². The van der Waals surface area contributed by atoms with Crippen LogP contribution in [0.25, 0.3) is 10.9 Å². The summed E-state index contributed by atoms with van der Waals surface area (Å²) in [7, 11) is 2.72. The van der Waals surface area contributed by atoms with Gasteiger partial charge in [0.1, 0.15) is 8.43 Å². The zero-order chi connectivity index (χ0) is 13.8. The number of benzene rings is 1. The molecule has 0 spiro atoms. The van der Waals surface area contributed by atoms with E-state index in [2.05, 4.69) is 20.8 Å². The molecule has 0 aliphatic carbocycles. The summed E-state index contributed by atoms with van der Waals surface area (Å²) in [5, 5.41) is 0.846. The summed E-state index contributed by atoms with van der Waals surface area (Å²) in [5.41, 5.74) is 7.02. The Balaban J connectivity index is 2.72. The van der Waals surface area contributed by atoms with Crippen molar-refractivity contribution in [3.8, 4) is 5.75 Å². The zero-order valence-corrected chi connectivity index (χ0v) is 12.2. The van der Waals surface area contributed by atoms with Crippen molar-refractivity contribution in [3.05, 3.63) is 40.2 Å². The first-order valence-electron chi connectivity index (χ1n) is 5.55. The maximum absolute atomic E-state index is 11.5. The third-order valence-corrected chi connectivity index (χ3v) is 3.43. The van der Waals surface area contributed by atoms with Gasteiger partial charge in [-0.15, -0.1) is 0 Å². The summed E-state index contributed by atoms with van der Waals surface area (Å²) < 4.78 is 10.7. The molecule has 0 radical (unpaired) electrons. The maximum Gasteiger partial charge on any atom is 0.248 e. The van der Waals surface area contributed by atoms with Gasteiger partial charge in [0, 0.05) is 27.5 Å². The molecule has 0 saturated carbocycles. The lowest BCUT2D eigenvalue weighted by molar-refractivity contribution is 0.257. The van der Waals surface area contributed by atoms with Crippen molar-refractivity contribution in [2.75, 3.05) is 6.54 Å². The first-order chi connectivity index (χ1) is 9.21. The quantitative estimate of drug-likeness (QED) is 0.827. The van der Waals surface area contributed by atoms with Crippen LogP contribution in [-0.4, -0.2) is 17.8 Å². The number of hydrogen-bond donors (Lipinski definition) is 2. The van der Waals surface area contributed by atoms with Crippen molar-refractivity contribution in [1.82, 2.24) is 4.98 Å². The van der Waals surface area contributed by atoms with E-state index in [0.29, 0.717) is 26.2 Å². The largest absolute Gasteiger partial charge is 0.438 e. The summed E-state index contributed by atoms with van der Waals surface area (Å²) >= 11 is 0. The molecule has 0 bridgehead atoms. The van der Waals surface area contributed by atoms with Crippen LogP contribution < -0.4 is 15.8 Å². The predicted molar refractivity (Wildman–Crippen MR) is 81.8 cm³/mol. The lowest BCUT2D eigenvalue weighted by atomic mass is 10.0.